The van der Waals surface area contributed by atoms with Gasteiger partial charge < -0.3 is 10.2 Å². The highest BCUT2D eigenvalue weighted by molar-refractivity contribution is 9.10. The first kappa shape index (κ1) is 14.4. The lowest BCUT2D eigenvalue weighted by Gasteiger charge is -2.33. The van der Waals surface area contributed by atoms with E-state index in [9.17, 15) is 0 Å². The summed E-state index contributed by atoms with van der Waals surface area (Å²) in [6.45, 7) is 6.57. The molecule has 0 unspecified atom stereocenters. The van der Waals surface area contributed by atoms with E-state index in [0.717, 1.165) is 36.6 Å². The molecule has 0 aliphatic carbocycles. The van der Waals surface area contributed by atoms with Crippen molar-refractivity contribution >= 4 is 21.6 Å². The summed E-state index contributed by atoms with van der Waals surface area (Å²) in [5, 5.41) is 12.4. The monoisotopic (exact) mass is 321 g/mol. The summed E-state index contributed by atoms with van der Waals surface area (Å²) < 4.78 is 0.891. The van der Waals surface area contributed by atoms with E-state index >= 15 is 0 Å². The quantitative estimate of drug-likeness (QED) is 0.925. The van der Waals surface area contributed by atoms with Crippen molar-refractivity contribution in [2.75, 3.05) is 31.1 Å². The Morgan fingerprint density at radius 1 is 1.42 bits per heavy atom. The molecule has 1 fully saturated rings. The lowest BCUT2D eigenvalue weighted by atomic mass is 9.96. The Morgan fingerprint density at radius 3 is 2.74 bits per heavy atom. The maximum absolute atomic E-state index is 8.94. The molecule has 1 aromatic carbocycles. The van der Waals surface area contributed by atoms with Crippen LogP contribution in [-0.4, -0.2) is 26.2 Å². The van der Waals surface area contributed by atoms with Crippen LogP contribution in [0, 0.1) is 17.2 Å². The van der Waals surface area contributed by atoms with Gasteiger partial charge in [-0.25, -0.2) is 0 Å². The van der Waals surface area contributed by atoms with Crippen LogP contribution in [0.3, 0.4) is 0 Å². The molecule has 2 rings (SSSR count). The van der Waals surface area contributed by atoms with Crippen LogP contribution in [0.15, 0.2) is 22.7 Å². The van der Waals surface area contributed by atoms with Gasteiger partial charge in [-0.2, -0.15) is 5.26 Å². The zero-order valence-corrected chi connectivity index (χ0v) is 12.9. The Kier molecular flexibility index (Phi) is 5.24. The molecule has 1 aromatic rings. The minimum atomic E-state index is 0.700. The second-order valence-corrected chi connectivity index (χ2v) is 5.87. The number of anilines is 1. The SMILES string of the molecule is CCNCC1CCN(c2ccc(C#N)c(Br)c2)CC1. The molecule has 1 aliphatic heterocycles. The minimum Gasteiger partial charge on any atom is -0.371 e. The number of benzene rings is 1. The summed E-state index contributed by atoms with van der Waals surface area (Å²) in [5.41, 5.74) is 1.92. The van der Waals surface area contributed by atoms with E-state index in [4.69, 9.17) is 5.26 Å². The van der Waals surface area contributed by atoms with Crippen molar-refractivity contribution in [3.63, 3.8) is 0 Å². The summed E-state index contributed by atoms with van der Waals surface area (Å²) in [6, 6.07) is 8.18. The lowest BCUT2D eigenvalue weighted by molar-refractivity contribution is 0.386. The number of nitrogens with zero attached hydrogens (tertiary/aromatic N) is 2. The van der Waals surface area contributed by atoms with Gasteiger partial charge in [0.15, 0.2) is 0 Å². The molecule has 0 bridgehead atoms. The van der Waals surface area contributed by atoms with E-state index in [1.807, 2.05) is 12.1 Å². The maximum Gasteiger partial charge on any atom is 0.100 e. The van der Waals surface area contributed by atoms with Gasteiger partial charge >= 0.3 is 0 Å². The first-order valence-electron chi connectivity index (χ1n) is 6.90. The number of hydrogen-bond donors (Lipinski definition) is 1. The summed E-state index contributed by atoms with van der Waals surface area (Å²) in [5.74, 6) is 0.804. The second kappa shape index (κ2) is 6.93. The normalized spacial score (nSPS) is 16.4. The molecule has 0 atom stereocenters. The van der Waals surface area contributed by atoms with E-state index in [-0.39, 0.29) is 0 Å². The molecule has 1 heterocycles. The molecule has 0 amide bonds. The Morgan fingerprint density at radius 2 is 2.16 bits per heavy atom. The third-order valence-corrected chi connectivity index (χ3v) is 4.39. The van der Waals surface area contributed by atoms with Crippen molar-refractivity contribution in [2.24, 2.45) is 5.92 Å². The fourth-order valence-corrected chi connectivity index (χ4v) is 2.99. The molecule has 1 aliphatic rings. The molecule has 19 heavy (non-hydrogen) atoms. The van der Waals surface area contributed by atoms with Crippen LogP contribution in [0.25, 0.3) is 0 Å². The van der Waals surface area contributed by atoms with Crippen LogP contribution in [0.2, 0.25) is 0 Å². The highest BCUT2D eigenvalue weighted by Crippen LogP contribution is 2.27. The summed E-state index contributed by atoms with van der Waals surface area (Å²) in [6.07, 6.45) is 2.48. The van der Waals surface area contributed by atoms with Gasteiger partial charge in [0.05, 0.1) is 5.56 Å². The number of nitriles is 1. The molecule has 0 radical (unpaired) electrons. The van der Waals surface area contributed by atoms with Gasteiger partial charge in [-0.1, -0.05) is 6.92 Å². The van der Waals surface area contributed by atoms with Crippen LogP contribution in [0.5, 0.6) is 0 Å². The molecule has 1 N–H and O–H groups in total. The number of halogens is 1. The standard InChI is InChI=1S/C15H20BrN3/c1-2-18-11-12-5-7-19(8-6-12)14-4-3-13(10-17)15(16)9-14/h3-4,9,12,18H,2,5-8,11H2,1H3. The Hall–Kier alpha value is -1.05. The Bertz CT molecular complexity index is 459. The first-order chi connectivity index (χ1) is 9.24. The molecule has 0 aromatic heterocycles. The van der Waals surface area contributed by atoms with E-state index in [0.29, 0.717) is 5.56 Å². The molecular formula is C15H20BrN3. The maximum atomic E-state index is 8.94. The third-order valence-electron chi connectivity index (χ3n) is 3.74. The molecule has 0 saturated carbocycles. The van der Waals surface area contributed by atoms with Crippen LogP contribution in [0.1, 0.15) is 25.3 Å². The van der Waals surface area contributed by atoms with E-state index < -0.39 is 0 Å². The van der Waals surface area contributed by atoms with Gasteiger partial charge in [-0.3, -0.25) is 0 Å². The first-order valence-corrected chi connectivity index (χ1v) is 7.69. The predicted molar refractivity (Wildman–Crippen MR) is 82.3 cm³/mol. The van der Waals surface area contributed by atoms with Crippen LogP contribution in [0.4, 0.5) is 5.69 Å². The molecular weight excluding hydrogens is 302 g/mol. The van der Waals surface area contributed by atoms with Gasteiger partial charge in [0, 0.05) is 23.2 Å². The molecule has 1 saturated heterocycles. The summed E-state index contributed by atoms with van der Waals surface area (Å²) in [4.78, 5) is 2.41. The number of rotatable bonds is 4. The highest BCUT2D eigenvalue weighted by atomic mass is 79.9. The minimum absolute atomic E-state index is 0.700. The van der Waals surface area contributed by atoms with Crippen molar-refractivity contribution in [1.29, 1.82) is 5.26 Å². The van der Waals surface area contributed by atoms with Crippen molar-refractivity contribution in [3.8, 4) is 6.07 Å². The largest absolute Gasteiger partial charge is 0.371 e. The van der Waals surface area contributed by atoms with Gasteiger partial charge in [0.1, 0.15) is 6.07 Å². The van der Waals surface area contributed by atoms with Gasteiger partial charge in [0.25, 0.3) is 0 Å². The number of nitrogens with one attached hydrogen (secondary N) is 1. The van der Waals surface area contributed by atoms with Crippen molar-refractivity contribution in [2.45, 2.75) is 19.8 Å². The van der Waals surface area contributed by atoms with E-state index in [1.54, 1.807) is 0 Å². The molecule has 4 heteroatoms. The number of piperidine rings is 1. The highest BCUT2D eigenvalue weighted by Gasteiger charge is 2.19. The smallest absolute Gasteiger partial charge is 0.100 e. The Balaban J connectivity index is 1.94. The lowest BCUT2D eigenvalue weighted by Crippen LogP contribution is -2.37. The van der Waals surface area contributed by atoms with Crippen molar-refractivity contribution in [1.82, 2.24) is 5.32 Å². The zero-order valence-electron chi connectivity index (χ0n) is 11.3. The predicted octanol–water partition coefficient (Wildman–Crippen LogP) is 3.15. The van der Waals surface area contributed by atoms with Gasteiger partial charge in [-0.05, 0) is 66.0 Å². The fourth-order valence-electron chi connectivity index (χ4n) is 2.54. The average Bonchev–Trinajstić information content (AvgIpc) is 2.45. The van der Waals surface area contributed by atoms with E-state index in [1.165, 1.54) is 18.5 Å². The average molecular weight is 322 g/mol. The van der Waals surface area contributed by atoms with Gasteiger partial charge in [0.2, 0.25) is 0 Å². The van der Waals surface area contributed by atoms with Crippen LogP contribution >= 0.6 is 15.9 Å². The van der Waals surface area contributed by atoms with Crippen molar-refractivity contribution in [3.05, 3.63) is 28.2 Å². The van der Waals surface area contributed by atoms with Gasteiger partial charge in [-0.15, -0.1) is 0 Å². The summed E-state index contributed by atoms with van der Waals surface area (Å²) in [7, 11) is 0. The van der Waals surface area contributed by atoms with Crippen LogP contribution in [-0.2, 0) is 0 Å². The molecule has 3 nitrogen and oxygen atoms in total. The topological polar surface area (TPSA) is 39.1 Å². The zero-order chi connectivity index (χ0) is 13.7. The molecule has 102 valence electrons. The molecule has 0 spiro atoms. The van der Waals surface area contributed by atoms with Crippen molar-refractivity contribution < 1.29 is 0 Å². The summed E-state index contributed by atoms with van der Waals surface area (Å²) >= 11 is 3.46. The second-order valence-electron chi connectivity index (χ2n) is 5.01. The fraction of sp³-hybridized carbons (Fsp3) is 0.533. The Labute approximate surface area is 123 Å². The van der Waals surface area contributed by atoms with E-state index in [2.05, 4.69) is 45.2 Å². The third kappa shape index (κ3) is 3.71. The number of hydrogen-bond acceptors (Lipinski definition) is 3. The van der Waals surface area contributed by atoms with Crippen LogP contribution < -0.4 is 10.2 Å².